The lowest BCUT2D eigenvalue weighted by atomic mass is 10.0. The summed E-state index contributed by atoms with van der Waals surface area (Å²) < 4.78 is 0. The summed E-state index contributed by atoms with van der Waals surface area (Å²) in [5.74, 6) is -1.32. The number of hydrogen-bond acceptors (Lipinski definition) is 5. The monoisotopic (exact) mass is 329 g/mol. The van der Waals surface area contributed by atoms with Crippen molar-refractivity contribution in [2.24, 2.45) is 0 Å². The number of carbonyl (C=O) groups excluding carboxylic acids is 4. The highest BCUT2D eigenvalue weighted by Crippen LogP contribution is 2.11. The Morgan fingerprint density at radius 2 is 2.04 bits per heavy atom. The first kappa shape index (κ1) is 17.4. The Hall–Kier alpha value is -2.96. The third kappa shape index (κ3) is 4.52. The Balaban J connectivity index is 1.98. The molecule has 1 atom stereocenters. The summed E-state index contributed by atoms with van der Waals surface area (Å²) in [5, 5.41) is 5.09. The van der Waals surface area contributed by atoms with Gasteiger partial charge in [-0.05, 0) is 12.0 Å². The van der Waals surface area contributed by atoms with Crippen LogP contribution < -0.4 is 10.6 Å². The van der Waals surface area contributed by atoms with Crippen molar-refractivity contribution in [3.05, 3.63) is 47.7 Å². The van der Waals surface area contributed by atoms with Crippen LogP contribution in [0.1, 0.15) is 18.4 Å². The van der Waals surface area contributed by atoms with Crippen molar-refractivity contribution >= 4 is 24.0 Å². The fraction of sp³-hybridized carbons (Fsp3) is 0.294. The van der Waals surface area contributed by atoms with Gasteiger partial charge in [0.15, 0.2) is 6.29 Å². The zero-order chi connectivity index (χ0) is 17.5. The molecule has 1 heterocycles. The fourth-order valence-electron chi connectivity index (χ4n) is 2.37. The van der Waals surface area contributed by atoms with Crippen LogP contribution in [0, 0.1) is 0 Å². The molecular weight excluding hydrogens is 310 g/mol. The second-order valence-electron chi connectivity index (χ2n) is 5.47. The van der Waals surface area contributed by atoms with Crippen LogP contribution in [-0.4, -0.2) is 42.0 Å². The van der Waals surface area contributed by atoms with Crippen molar-refractivity contribution in [1.29, 1.82) is 0 Å². The van der Waals surface area contributed by atoms with Gasteiger partial charge in [0.1, 0.15) is 6.04 Å². The van der Waals surface area contributed by atoms with Crippen LogP contribution in [0.2, 0.25) is 0 Å². The lowest BCUT2D eigenvalue weighted by Gasteiger charge is -2.29. The number of likely N-dealkylation sites (N-methyl/N-ethyl adjacent to an activating group) is 1. The molecule has 126 valence electrons. The van der Waals surface area contributed by atoms with E-state index in [0.29, 0.717) is 12.8 Å². The van der Waals surface area contributed by atoms with Gasteiger partial charge in [-0.1, -0.05) is 30.3 Å². The molecule has 0 bridgehead atoms. The van der Waals surface area contributed by atoms with E-state index in [1.54, 1.807) is 0 Å². The number of imide groups is 1. The van der Waals surface area contributed by atoms with E-state index in [2.05, 4.69) is 10.6 Å². The number of allylic oxidation sites excluding steroid dienone is 1. The highest BCUT2D eigenvalue weighted by atomic mass is 16.2. The van der Waals surface area contributed by atoms with Crippen LogP contribution in [0.5, 0.6) is 0 Å². The predicted octanol–water partition coefficient (Wildman–Crippen LogP) is 0.123. The van der Waals surface area contributed by atoms with Crippen LogP contribution in [0.3, 0.4) is 0 Å². The number of benzene rings is 1. The summed E-state index contributed by atoms with van der Waals surface area (Å²) in [4.78, 5) is 47.5. The number of hydrogen-bond donors (Lipinski definition) is 2. The quantitative estimate of drug-likeness (QED) is 0.439. The minimum Gasteiger partial charge on any atom is -0.378 e. The molecule has 1 unspecified atom stereocenters. The molecule has 1 saturated heterocycles. The lowest BCUT2D eigenvalue weighted by molar-refractivity contribution is -0.142. The number of rotatable bonds is 6. The molecule has 1 fully saturated rings. The molecular formula is C17H19N3O4. The average molecular weight is 329 g/mol. The Bertz CT molecular complexity index is 670. The summed E-state index contributed by atoms with van der Waals surface area (Å²) in [5.41, 5.74) is 1.10. The van der Waals surface area contributed by atoms with E-state index in [1.165, 1.54) is 11.9 Å². The van der Waals surface area contributed by atoms with Crippen LogP contribution in [-0.2, 0) is 25.7 Å². The van der Waals surface area contributed by atoms with Crippen molar-refractivity contribution in [3.63, 3.8) is 0 Å². The highest BCUT2D eigenvalue weighted by molar-refractivity contribution is 6.03. The Morgan fingerprint density at radius 3 is 2.67 bits per heavy atom. The van der Waals surface area contributed by atoms with Crippen LogP contribution in [0.15, 0.2) is 42.1 Å². The van der Waals surface area contributed by atoms with E-state index in [0.717, 1.165) is 11.6 Å². The first-order valence-corrected chi connectivity index (χ1v) is 7.56. The van der Waals surface area contributed by atoms with E-state index >= 15 is 0 Å². The molecule has 0 radical (unpaired) electrons. The topological polar surface area (TPSA) is 95.6 Å². The maximum atomic E-state index is 12.2. The molecule has 0 saturated carbocycles. The van der Waals surface area contributed by atoms with Crippen molar-refractivity contribution < 1.29 is 19.2 Å². The third-order valence-electron chi connectivity index (χ3n) is 3.77. The number of aldehydes is 1. The third-order valence-corrected chi connectivity index (χ3v) is 3.77. The highest BCUT2D eigenvalue weighted by Gasteiger charge is 2.31. The summed E-state index contributed by atoms with van der Waals surface area (Å²) in [6.07, 6.45) is 2.16. The molecule has 2 N–H and O–H groups in total. The minimum absolute atomic E-state index is 0.128. The number of amides is 3. The molecule has 0 spiro atoms. The second-order valence-corrected chi connectivity index (χ2v) is 5.47. The van der Waals surface area contributed by atoms with Gasteiger partial charge in [-0.3, -0.25) is 24.5 Å². The van der Waals surface area contributed by atoms with Gasteiger partial charge in [0.25, 0.3) is 0 Å². The summed E-state index contributed by atoms with van der Waals surface area (Å²) in [6.45, 7) is 0.404. The van der Waals surface area contributed by atoms with Gasteiger partial charge in [0, 0.05) is 26.1 Å². The normalized spacial score (nSPS) is 17.9. The van der Waals surface area contributed by atoms with Crippen molar-refractivity contribution in [3.8, 4) is 0 Å². The van der Waals surface area contributed by atoms with Crippen LogP contribution in [0.25, 0.3) is 0 Å². The SMILES string of the molecule is CN(C(=O)/C=C(\C=O)NCc1ccccc1)C1CCC(=O)NC1=O. The standard InChI is InChI=1S/C17H19N3O4/c1-20(14-7-8-15(22)19-17(14)24)16(23)9-13(11-21)18-10-12-5-3-2-4-6-12/h2-6,9,11,14,18H,7-8,10H2,1H3,(H,19,22,24)/b13-9+. The van der Waals surface area contributed by atoms with Crippen molar-refractivity contribution in [2.45, 2.75) is 25.4 Å². The average Bonchev–Trinajstić information content (AvgIpc) is 2.58. The molecule has 0 aromatic heterocycles. The van der Waals surface area contributed by atoms with Crippen LogP contribution in [0.4, 0.5) is 0 Å². The summed E-state index contributed by atoms with van der Waals surface area (Å²) >= 11 is 0. The molecule has 1 aliphatic rings. The van der Waals surface area contributed by atoms with Gasteiger partial charge in [-0.15, -0.1) is 0 Å². The minimum atomic E-state index is -0.714. The van der Waals surface area contributed by atoms with E-state index in [-0.39, 0.29) is 24.4 Å². The number of nitrogens with one attached hydrogen (secondary N) is 2. The Morgan fingerprint density at radius 1 is 1.33 bits per heavy atom. The zero-order valence-electron chi connectivity index (χ0n) is 13.3. The van der Waals surface area contributed by atoms with Crippen molar-refractivity contribution in [2.75, 3.05) is 7.05 Å². The first-order valence-electron chi connectivity index (χ1n) is 7.56. The van der Waals surface area contributed by atoms with E-state index in [1.807, 2.05) is 30.3 Å². The second kappa shape index (κ2) is 8.05. The number of carbonyl (C=O) groups is 4. The predicted molar refractivity (Wildman–Crippen MR) is 86.4 cm³/mol. The molecule has 1 aromatic carbocycles. The van der Waals surface area contributed by atoms with Gasteiger partial charge < -0.3 is 10.2 Å². The molecule has 24 heavy (non-hydrogen) atoms. The van der Waals surface area contributed by atoms with Gasteiger partial charge >= 0.3 is 0 Å². The maximum absolute atomic E-state index is 12.2. The van der Waals surface area contributed by atoms with Crippen molar-refractivity contribution in [1.82, 2.24) is 15.5 Å². The summed E-state index contributed by atoms with van der Waals surface area (Å²) in [6, 6.07) is 8.72. The lowest BCUT2D eigenvalue weighted by Crippen LogP contribution is -2.52. The zero-order valence-corrected chi connectivity index (χ0v) is 13.3. The van der Waals surface area contributed by atoms with Gasteiger partial charge in [0.05, 0.1) is 5.70 Å². The molecule has 2 rings (SSSR count). The molecule has 7 nitrogen and oxygen atoms in total. The smallest absolute Gasteiger partial charge is 0.249 e. The number of piperidine rings is 1. The van der Waals surface area contributed by atoms with E-state index in [4.69, 9.17) is 0 Å². The van der Waals surface area contributed by atoms with Gasteiger partial charge in [-0.2, -0.15) is 0 Å². The van der Waals surface area contributed by atoms with E-state index < -0.39 is 17.9 Å². The van der Waals surface area contributed by atoms with Gasteiger partial charge in [-0.25, -0.2) is 0 Å². The largest absolute Gasteiger partial charge is 0.378 e. The van der Waals surface area contributed by atoms with Gasteiger partial charge in [0.2, 0.25) is 17.7 Å². The summed E-state index contributed by atoms with van der Waals surface area (Å²) in [7, 11) is 1.47. The molecule has 1 aliphatic heterocycles. The Kier molecular flexibility index (Phi) is 5.83. The number of nitrogens with zero attached hydrogens (tertiary/aromatic N) is 1. The van der Waals surface area contributed by atoms with E-state index in [9.17, 15) is 19.2 Å². The molecule has 7 heteroatoms. The Labute approximate surface area is 139 Å². The molecule has 0 aliphatic carbocycles. The first-order chi connectivity index (χ1) is 11.5. The molecule has 3 amide bonds. The molecule has 1 aromatic rings. The van der Waals surface area contributed by atoms with Crippen LogP contribution >= 0.6 is 0 Å². The maximum Gasteiger partial charge on any atom is 0.249 e. The fourth-order valence-corrected chi connectivity index (χ4v) is 2.37.